The summed E-state index contributed by atoms with van der Waals surface area (Å²) in [5.74, 6) is -4.41. The molecule has 8 heteroatoms. The number of rotatable bonds is 3. The van der Waals surface area contributed by atoms with Crippen molar-refractivity contribution in [1.82, 2.24) is 5.32 Å². The van der Waals surface area contributed by atoms with E-state index in [1.807, 2.05) is 5.32 Å². The van der Waals surface area contributed by atoms with Crippen LogP contribution in [0.3, 0.4) is 0 Å². The molecule has 1 aromatic rings. The molecule has 0 spiro atoms. The summed E-state index contributed by atoms with van der Waals surface area (Å²) < 4.78 is 74.6. The highest BCUT2D eigenvalue weighted by Crippen LogP contribution is 2.45. The summed E-state index contributed by atoms with van der Waals surface area (Å²) in [4.78, 5) is 0. The van der Waals surface area contributed by atoms with E-state index in [1.165, 1.54) is 6.07 Å². The highest BCUT2D eigenvalue weighted by atomic mass is 19.4. The molecule has 1 aliphatic heterocycles. The number of hydrogen-bond donors (Lipinski definition) is 1. The third-order valence-electron chi connectivity index (χ3n) is 2.93. The molecule has 1 unspecified atom stereocenters. The SMILES string of the molecule is CNC(c1ccc2c(c1)OCCO2)C(F)(F)C(F)(F)F. The van der Waals surface area contributed by atoms with E-state index in [0.29, 0.717) is 12.4 Å². The van der Waals surface area contributed by atoms with Gasteiger partial charge in [0.15, 0.2) is 11.5 Å². The number of hydrogen-bond acceptors (Lipinski definition) is 3. The van der Waals surface area contributed by atoms with Crippen molar-refractivity contribution in [3.05, 3.63) is 23.8 Å². The highest BCUT2D eigenvalue weighted by Gasteiger charge is 2.62. The lowest BCUT2D eigenvalue weighted by atomic mass is 9.99. The van der Waals surface area contributed by atoms with Crippen LogP contribution in [0.5, 0.6) is 11.5 Å². The minimum atomic E-state index is -5.64. The topological polar surface area (TPSA) is 30.5 Å². The van der Waals surface area contributed by atoms with Crippen LogP contribution in [0.1, 0.15) is 11.6 Å². The Morgan fingerprint density at radius 3 is 2.20 bits per heavy atom. The first-order valence-corrected chi connectivity index (χ1v) is 5.78. The largest absolute Gasteiger partial charge is 0.486 e. The van der Waals surface area contributed by atoms with E-state index in [0.717, 1.165) is 19.2 Å². The molecule has 20 heavy (non-hydrogen) atoms. The smallest absolute Gasteiger partial charge is 0.455 e. The van der Waals surface area contributed by atoms with Crippen LogP contribution in [0.25, 0.3) is 0 Å². The molecule has 3 nitrogen and oxygen atoms in total. The number of halogens is 5. The van der Waals surface area contributed by atoms with Gasteiger partial charge >= 0.3 is 12.1 Å². The summed E-state index contributed by atoms with van der Waals surface area (Å²) in [7, 11) is 1.04. The van der Waals surface area contributed by atoms with E-state index in [2.05, 4.69) is 0 Å². The third-order valence-corrected chi connectivity index (χ3v) is 2.93. The first kappa shape index (κ1) is 14.8. The maximum absolute atomic E-state index is 13.5. The van der Waals surface area contributed by atoms with Crippen LogP contribution < -0.4 is 14.8 Å². The summed E-state index contributed by atoms with van der Waals surface area (Å²) in [6.45, 7) is 0.525. The summed E-state index contributed by atoms with van der Waals surface area (Å²) in [6.07, 6.45) is -5.64. The van der Waals surface area contributed by atoms with Gasteiger partial charge in [-0.2, -0.15) is 22.0 Å². The van der Waals surface area contributed by atoms with Gasteiger partial charge in [-0.25, -0.2) is 0 Å². The molecule has 112 valence electrons. The Kier molecular flexibility index (Phi) is 3.77. The summed E-state index contributed by atoms with van der Waals surface area (Å²) in [6, 6.07) is 1.42. The number of fused-ring (bicyclic) bond motifs is 1. The summed E-state index contributed by atoms with van der Waals surface area (Å²) in [5.41, 5.74) is -0.223. The van der Waals surface area contributed by atoms with Gasteiger partial charge in [0, 0.05) is 0 Å². The second kappa shape index (κ2) is 5.08. The van der Waals surface area contributed by atoms with Crippen LogP contribution in [0.4, 0.5) is 22.0 Å². The minimum absolute atomic E-state index is 0.159. The second-order valence-corrected chi connectivity index (χ2v) is 4.25. The van der Waals surface area contributed by atoms with E-state index in [4.69, 9.17) is 9.47 Å². The fraction of sp³-hybridized carbons (Fsp3) is 0.500. The van der Waals surface area contributed by atoms with Crippen LogP contribution in [-0.2, 0) is 0 Å². The first-order valence-electron chi connectivity index (χ1n) is 5.78. The Morgan fingerprint density at radius 2 is 1.65 bits per heavy atom. The molecule has 0 saturated carbocycles. The van der Waals surface area contributed by atoms with E-state index in [9.17, 15) is 22.0 Å². The van der Waals surface area contributed by atoms with Crippen LogP contribution >= 0.6 is 0 Å². The van der Waals surface area contributed by atoms with Crippen LogP contribution in [-0.4, -0.2) is 32.4 Å². The van der Waals surface area contributed by atoms with Crippen molar-refractivity contribution in [2.45, 2.75) is 18.1 Å². The molecule has 0 saturated heterocycles. The van der Waals surface area contributed by atoms with Gasteiger partial charge in [-0.15, -0.1) is 0 Å². The van der Waals surface area contributed by atoms with Gasteiger partial charge in [-0.1, -0.05) is 6.07 Å². The Morgan fingerprint density at radius 1 is 1.05 bits per heavy atom. The third kappa shape index (κ3) is 2.52. The Hall–Kier alpha value is -1.57. The normalized spacial score (nSPS) is 16.9. The molecule has 0 aromatic heterocycles. The number of ether oxygens (including phenoxy) is 2. The Bertz CT molecular complexity index is 489. The molecule has 1 aromatic carbocycles. The maximum Gasteiger partial charge on any atom is 0.455 e. The number of alkyl halides is 5. The zero-order chi connectivity index (χ0) is 15.0. The Labute approximate surface area is 111 Å². The van der Waals surface area contributed by atoms with Crippen molar-refractivity contribution < 1.29 is 31.4 Å². The molecule has 1 aliphatic rings. The monoisotopic (exact) mass is 297 g/mol. The molecule has 0 bridgehead atoms. The van der Waals surface area contributed by atoms with E-state index in [-0.39, 0.29) is 17.9 Å². The van der Waals surface area contributed by atoms with Crippen LogP contribution in [0, 0.1) is 0 Å². The lowest BCUT2D eigenvalue weighted by Crippen LogP contribution is -2.47. The fourth-order valence-corrected chi connectivity index (χ4v) is 1.96. The molecule has 0 amide bonds. The Balaban J connectivity index is 2.37. The molecule has 1 heterocycles. The average Bonchev–Trinajstić information content (AvgIpc) is 2.38. The second-order valence-electron chi connectivity index (χ2n) is 4.25. The van der Waals surface area contributed by atoms with Crippen LogP contribution in [0.2, 0.25) is 0 Å². The molecular weight excluding hydrogens is 285 g/mol. The van der Waals surface area contributed by atoms with Gasteiger partial charge in [0.1, 0.15) is 19.3 Å². The number of nitrogens with one attached hydrogen (secondary N) is 1. The van der Waals surface area contributed by atoms with Gasteiger partial charge in [0.05, 0.1) is 0 Å². The van der Waals surface area contributed by atoms with Crippen molar-refractivity contribution in [3.8, 4) is 11.5 Å². The van der Waals surface area contributed by atoms with Gasteiger partial charge in [0.25, 0.3) is 0 Å². The lowest BCUT2D eigenvalue weighted by Gasteiger charge is -2.29. The highest BCUT2D eigenvalue weighted by molar-refractivity contribution is 5.45. The zero-order valence-electron chi connectivity index (χ0n) is 10.4. The fourth-order valence-electron chi connectivity index (χ4n) is 1.96. The standard InChI is InChI=1S/C12H12F5NO2/c1-18-10(11(13,14)12(15,16)17)7-2-3-8-9(6-7)20-5-4-19-8/h2-3,6,10,18H,4-5H2,1H3. The molecule has 1 N–H and O–H groups in total. The minimum Gasteiger partial charge on any atom is -0.486 e. The quantitative estimate of drug-likeness (QED) is 0.870. The molecule has 1 atom stereocenters. The van der Waals surface area contributed by atoms with Gasteiger partial charge in [-0.3, -0.25) is 0 Å². The van der Waals surface area contributed by atoms with E-state index < -0.39 is 18.1 Å². The summed E-state index contributed by atoms with van der Waals surface area (Å²) >= 11 is 0. The maximum atomic E-state index is 13.5. The van der Waals surface area contributed by atoms with Gasteiger partial charge in [-0.05, 0) is 24.7 Å². The predicted molar refractivity (Wildman–Crippen MR) is 60.2 cm³/mol. The van der Waals surface area contributed by atoms with Crippen molar-refractivity contribution in [2.75, 3.05) is 20.3 Å². The average molecular weight is 297 g/mol. The summed E-state index contributed by atoms with van der Waals surface area (Å²) in [5, 5.41) is 2.01. The molecule has 0 aliphatic carbocycles. The zero-order valence-corrected chi connectivity index (χ0v) is 10.4. The van der Waals surface area contributed by atoms with Crippen molar-refractivity contribution in [1.29, 1.82) is 0 Å². The van der Waals surface area contributed by atoms with E-state index in [1.54, 1.807) is 0 Å². The molecule has 2 rings (SSSR count). The molecular formula is C12H12F5NO2. The molecule has 0 radical (unpaired) electrons. The number of benzene rings is 1. The lowest BCUT2D eigenvalue weighted by molar-refractivity contribution is -0.293. The van der Waals surface area contributed by atoms with Gasteiger partial charge in [0.2, 0.25) is 0 Å². The van der Waals surface area contributed by atoms with Gasteiger partial charge < -0.3 is 14.8 Å². The molecule has 0 fully saturated rings. The first-order chi connectivity index (χ1) is 9.27. The predicted octanol–water partition coefficient (Wildman–Crippen LogP) is 2.92. The van der Waals surface area contributed by atoms with Crippen molar-refractivity contribution in [3.63, 3.8) is 0 Å². The van der Waals surface area contributed by atoms with Crippen LogP contribution in [0.15, 0.2) is 18.2 Å². The van der Waals surface area contributed by atoms with Crippen molar-refractivity contribution in [2.24, 2.45) is 0 Å². The van der Waals surface area contributed by atoms with E-state index >= 15 is 0 Å². The van der Waals surface area contributed by atoms with Crippen molar-refractivity contribution >= 4 is 0 Å².